The van der Waals surface area contributed by atoms with Gasteiger partial charge in [-0.05, 0) is 31.7 Å². The Labute approximate surface area is 210 Å². The smallest absolute Gasteiger partial charge is 0.239 e. The van der Waals surface area contributed by atoms with E-state index in [0.29, 0.717) is 19.1 Å². The summed E-state index contributed by atoms with van der Waals surface area (Å²) in [7, 11) is 1.83. The van der Waals surface area contributed by atoms with E-state index in [1.165, 1.54) is 0 Å². The number of para-hydroxylation sites is 1. The van der Waals surface area contributed by atoms with Gasteiger partial charge in [-0.25, -0.2) is 0 Å². The molecule has 2 aliphatic rings. The standard InChI is InChI=1S/C24H39N5O2.HI/c1-19(2)18-31-22-10-6-5-9-21(22)17-26-24(25-4)29-15-13-27(14-16-29)20(3)23(30)28-11-7-8-12-28;/h5-6,9-10,19-20H,7-8,11-18H2,1-4H3,(H,25,26);1H. The molecule has 180 valence electrons. The van der Waals surface area contributed by atoms with Gasteiger partial charge in [-0.2, -0.15) is 0 Å². The number of amides is 1. The van der Waals surface area contributed by atoms with E-state index < -0.39 is 0 Å². The molecule has 0 saturated carbocycles. The molecule has 1 N–H and O–H groups in total. The van der Waals surface area contributed by atoms with Crippen molar-refractivity contribution in [1.82, 2.24) is 20.0 Å². The molecule has 1 aromatic carbocycles. The van der Waals surface area contributed by atoms with Crippen molar-refractivity contribution in [2.24, 2.45) is 10.9 Å². The lowest BCUT2D eigenvalue weighted by Gasteiger charge is -2.39. The third-order valence-electron chi connectivity index (χ3n) is 6.13. The summed E-state index contributed by atoms with van der Waals surface area (Å²) in [6.45, 7) is 13.1. The number of carbonyl (C=O) groups is 1. The Balaban J connectivity index is 0.00000363. The van der Waals surface area contributed by atoms with Crippen LogP contribution in [0.2, 0.25) is 0 Å². The van der Waals surface area contributed by atoms with Crippen LogP contribution in [-0.4, -0.2) is 85.5 Å². The summed E-state index contributed by atoms with van der Waals surface area (Å²) in [5, 5.41) is 3.50. The fourth-order valence-corrected chi connectivity index (χ4v) is 4.23. The van der Waals surface area contributed by atoms with Crippen LogP contribution in [0, 0.1) is 5.92 Å². The molecule has 1 unspecified atom stereocenters. The van der Waals surface area contributed by atoms with E-state index in [9.17, 15) is 4.79 Å². The van der Waals surface area contributed by atoms with Crippen molar-refractivity contribution < 1.29 is 9.53 Å². The van der Waals surface area contributed by atoms with Gasteiger partial charge in [0.05, 0.1) is 12.6 Å². The zero-order chi connectivity index (χ0) is 22.2. The first-order valence-corrected chi connectivity index (χ1v) is 11.7. The van der Waals surface area contributed by atoms with Crippen LogP contribution in [0.1, 0.15) is 39.2 Å². The first kappa shape index (κ1) is 26.7. The molecule has 2 aliphatic heterocycles. The van der Waals surface area contributed by atoms with Gasteiger partial charge in [0.2, 0.25) is 5.91 Å². The number of benzene rings is 1. The summed E-state index contributed by atoms with van der Waals surface area (Å²) in [4.78, 5) is 23.8. The zero-order valence-corrected chi connectivity index (χ0v) is 22.4. The Hall–Kier alpha value is -1.55. The van der Waals surface area contributed by atoms with Crippen LogP contribution in [0.5, 0.6) is 5.75 Å². The average Bonchev–Trinajstić information content (AvgIpc) is 3.33. The SMILES string of the molecule is CN=C(NCc1ccccc1OCC(C)C)N1CCN(C(C)C(=O)N2CCCC2)CC1.I. The molecule has 0 spiro atoms. The molecular formula is C24H40IN5O2. The summed E-state index contributed by atoms with van der Waals surface area (Å²) >= 11 is 0. The molecule has 3 rings (SSSR count). The number of nitrogens with zero attached hydrogens (tertiary/aromatic N) is 4. The number of rotatable bonds is 7. The lowest BCUT2D eigenvalue weighted by atomic mass is 10.2. The highest BCUT2D eigenvalue weighted by Crippen LogP contribution is 2.19. The van der Waals surface area contributed by atoms with Gasteiger partial charge in [0.25, 0.3) is 0 Å². The fourth-order valence-electron chi connectivity index (χ4n) is 4.23. The van der Waals surface area contributed by atoms with Gasteiger partial charge in [-0.1, -0.05) is 32.0 Å². The van der Waals surface area contributed by atoms with Crippen LogP contribution in [0.25, 0.3) is 0 Å². The van der Waals surface area contributed by atoms with Crippen molar-refractivity contribution in [2.75, 3.05) is 52.9 Å². The third-order valence-corrected chi connectivity index (χ3v) is 6.13. The number of carbonyl (C=O) groups excluding carboxylic acids is 1. The summed E-state index contributed by atoms with van der Waals surface area (Å²) < 4.78 is 5.98. The van der Waals surface area contributed by atoms with E-state index in [2.05, 4.69) is 46.9 Å². The Kier molecular flexibility index (Phi) is 11.0. The molecule has 0 bridgehead atoms. The predicted molar refractivity (Wildman–Crippen MR) is 141 cm³/mol. The highest BCUT2D eigenvalue weighted by Gasteiger charge is 2.30. The highest BCUT2D eigenvalue weighted by atomic mass is 127. The Bertz CT molecular complexity index is 744. The van der Waals surface area contributed by atoms with Crippen molar-refractivity contribution >= 4 is 35.8 Å². The van der Waals surface area contributed by atoms with Crippen molar-refractivity contribution in [3.63, 3.8) is 0 Å². The lowest BCUT2D eigenvalue weighted by Crippen LogP contribution is -2.57. The monoisotopic (exact) mass is 557 g/mol. The molecule has 2 fully saturated rings. The van der Waals surface area contributed by atoms with E-state index in [0.717, 1.165) is 69.4 Å². The first-order chi connectivity index (χ1) is 15.0. The zero-order valence-electron chi connectivity index (χ0n) is 20.0. The molecule has 32 heavy (non-hydrogen) atoms. The van der Waals surface area contributed by atoms with E-state index in [1.54, 1.807) is 0 Å². The first-order valence-electron chi connectivity index (χ1n) is 11.7. The Morgan fingerprint density at radius 2 is 1.69 bits per heavy atom. The molecule has 1 atom stereocenters. The molecule has 0 radical (unpaired) electrons. The van der Waals surface area contributed by atoms with Crippen molar-refractivity contribution in [3.8, 4) is 5.75 Å². The van der Waals surface area contributed by atoms with Crippen LogP contribution in [0.4, 0.5) is 0 Å². The molecular weight excluding hydrogens is 517 g/mol. The van der Waals surface area contributed by atoms with Gasteiger partial charge in [0, 0.05) is 58.4 Å². The quantitative estimate of drug-likeness (QED) is 0.318. The van der Waals surface area contributed by atoms with Gasteiger partial charge < -0.3 is 19.9 Å². The summed E-state index contributed by atoms with van der Waals surface area (Å²) in [6.07, 6.45) is 2.28. The minimum absolute atomic E-state index is 0. The number of piperazine rings is 1. The second-order valence-electron chi connectivity index (χ2n) is 8.94. The normalized spacial score (nSPS) is 18.5. The number of aliphatic imine (C=N–C) groups is 1. The number of hydrogen-bond donors (Lipinski definition) is 1. The number of ether oxygens (including phenoxy) is 1. The van der Waals surface area contributed by atoms with Crippen LogP contribution >= 0.6 is 24.0 Å². The molecule has 2 saturated heterocycles. The largest absolute Gasteiger partial charge is 0.493 e. The van der Waals surface area contributed by atoms with Gasteiger partial charge in [0.15, 0.2) is 5.96 Å². The second kappa shape index (κ2) is 13.2. The number of halogens is 1. The highest BCUT2D eigenvalue weighted by molar-refractivity contribution is 14.0. The number of likely N-dealkylation sites (tertiary alicyclic amines) is 1. The van der Waals surface area contributed by atoms with Gasteiger partial charge >= 0.3 is 0 Å². The molecule has 2 heterocycles. The van der Waals surface area contributed by atoms with Crippen molar-refractivity contribution in [2.45, 2.75) is 46.2 Å². The van der Waals surface area contributed by atoms with Crippen molar-refractivity contribution in [1.29, 1.82) is 0 Å². The van der Waals surface area contributed by atoms with E-state index in [1.807, 2.05) is 30.1 Å². The van der Waals surface area contributed by atoms with Crippen LogP contribution < -0.4 is 10.1 Å². The molecule has 1 aromatic rings. The van der Waals surface area contributed by atoms with E-state index in [4.69, 9.17) is 4.74 Å². The summed E-state index contributed by atoms with van der Waals surface area (Å²) in [5.74, 6) is 2.60. The molecule has 0 aliphatic carbocycles. The topological polar surface area (TPSA) is 60.4 Å². The third kappa shape index (κ3) is 7.23. The van der Waals surface area contributed by atoms with Crippen LogP contribution in [0.15, 0.2) is 29.3 Å². The molecule has 7 nitrogen and oxygen atoms in total. The maximum absolute atomic E-state index is 12.7. The molecule has 8 heteroatoms. The Morgan fingerprint density at radius 3 is 2.31 bits per heavy atom. The summed E-state index contributed by atoms with van der Waals surface area (Å²) in [5.41, 5.74) is 1.13. The number of guanidine groups is 1. The van der Waals surface area contributed by atoms with Gasteiger partial charge in [-0.15, -0.1) is 24.0 Å². The maximum atomic E-state index is 12.7. The maximum Gasteiger partial charge on any atom is 0.239 e. The second-order valence-corrected chi connectivity index (χ2v) is 8.94. The number of hydrogen-bond acceptors (Lipinski definition) is 4. The van der Waals surface area contributed by atoms with Gasteiger partial charge in [-0.3, -0.25) is 14.7 Å². The van der Waals surface area contributed by atoms with E-state index in [-0.39, 0.29) is 35.9 Å². The van der Waals surface area contributed by atoms with Crippen LogP contribution in [0.3, 0.4) is 0 Å². The van der Waals surface area contributed by atoms with E-state index >= 15 is 0 Å². The predicted octanol–water partition coefficient (Wildman–Crippen LogP) is 3.04. The minimum atomic E-state index is -0.0415. The Morgan fingerprint density at radius 1 is 1.03 bits per heavy atom. The fraction of sp³-hybridized carbons (Fsp3) is 0.667. The summed E-state index contributed by atoms with van der Waals surface area (Å²) in [6, 6.07) is 8.14. The number of nitrogens with one attached hydrogen (secondary N) is 1. The van der Waals surface area contributed by atoms with Crippen molar-refractivity contribution in [3.05, 3.63) is 29.8 Å². The minimum Gasteiger partial charge on any atom is -0.493 e. The lowest BCUT2D eigenvalue weighted by molar-refractivity contribution is -0.135. The van der Waals surface area contributed by atoms with Gasteiger partial charge in [0.1, 0.15) is 5.75 Å². The molecule has 0 aromatic heterocycles. The average molecular weight is 558 g/mol. The molecule has 1 amide bonds. The van der Waals surface area contributed by atoms with Crippen LogP contribution in [-0.2, 0) is 11.3 Å².